The van der Waals surface area contributed by atoms with E-state index in [4.69, 9.17) is 9.84 Å². The maximum atomic E-state index is 12.0. The Balaban J connectivity index is 2.76. The predicted octanol–water partition coefficient (Wildman–Crippen LogP) is 1.32. The largest absolute Gasteiger partial charge is 0.477 e. The van der Waals surface area contributed by atoms with Gasteiger partial charge in [0, 0.05) is 7.11 Å². The maximum Gasteiger partial charge on any atom is 0.354 e. The van der Waals surface area contributed by atoms with E-state index in [9.17, 15) is 9.59 Å². The van der Waals surface area contributed by atoms with Gasteiger partial charge in [0.05, 0.1) is 12.6 Å². The molecule has 0 saturated heterocycles. The van der Waals surface area contributed by atoms with Crippen molar-refractivity contribution in [2.75, 3.05) is 13.7 Å². The Kier molecular flexibility index (Phi) is 5.95. The summed E-state index contributed by atoms with van der Waals surface area (Å²) in [6.45, 7) is 2.43. The van der Waals surface area contributed by atoms with Crippen molar-refractivity contribution >= 4 is 11.9 Å². The summed E-state index contributed by atoms with van der Waals surface area (Å²) in [5.41, 5.74) is -0.0523. The quantitative estimate of drug-likeness (QED) is 0.777. The van der Waals surface area contributed by atoms with Gasteiger partial charge < -0.3 is 15.2 Å². The summed E-state index contributed by atoms with van der Waals surface area (Å²) in [5.74, 6) is -1.55. The number of amides is 1. The van der Waals surface area contributed by atoms with Crippen LogP contribution in [0.3, 0.4) is 0 Å². The molecule has 6 heteroatoms. The van der Waals surface area contributed by atoms with Crippen molar-refractivity contribution in [3.8, 4) is 0 Å². The molecule has 1 heterocycles. The number of hydrogen-bond donors (Lipinski definition) is 2. The van der Waals surface area contributed by atoms with Crippen LogP contribution in [0.4, 0.5) is 0 Å². The number of hydrogen-bond acceptors (Lipinski definition) is 4. The zero-order valence-corrected chi connectivity index (χ0v) is 11.0. The standard InChI is InChI=1S/C13H18N2O4/c1-3-5-9(8-19-2)14-12(16)10-6-4-7-11(15-10)13(17)18/h4,6-7,9H,3,5,8H2,1-2H3,(H,14,16)(H,17,18). The summed E-state index contributed by atoms with van der Waals surface area (Å²) >= 11 is 0. The molecule has 1 unspecified atom stereocenters. The summed E-state index contributed by atoms with van der Waals surface area (Å²) in [6, 6.07) is 4.23. The Bertz CT molecular complexity index is 442. The number of methoxy groups -OCH3 is 1. The second-order valence-corrected chi connectivity index (χ2v) is 4.13. The van der Waals surface area contributed by atoms with Gasteiger partial charge in [0.15, 0.2) is 0 Å². The van der Waals surface area contributed by atoms with Crippen LogP contribution in [-0.4, -0.2) is 41.7 Å². The Morgan fingerprint density at radius 2 is 2.11 bits per heavy atom. The first-order chi connectivity index (χ1) is 9.08. The smallest absolute Gasteiger partial charge is 0.354 e. The molecular weight excluding hydrogens is 248 g/mol. The summed E-state index contributed by atoms with van der Waals surface area (Å²) in [6.07, 6.45) is 1.70. The molecule has 1 aromatic rings. The van der Waals surface area contributed by atoms with Gasteiger partial charge in [-0.3, -0.25) is 4.79 Å². The molecule has 0 aliphatic carbocycles. The second-order valence-electron chi connectivity index (χ2n) is 4.13. The third-order valence-electron chi connectivity index (χ3n) is 2.54. The molecular formula is C13H18N2O4. The summed E-state index contributed by atoms with van der Waals surface area (Å²) in [7, 11) is 1.57. The summed E-state index contributed by atoms with van der Waals surface area (Å²) < 4.78 is 5.03. The van der Waals surface area contributed by atoms with Crippen molar-refractivity contribution < 1.29 is 19.4 Å². The van der Waals surface area contributed by atoms with E-state index < -0.39 is 11.9 Å². The van der Waals surface area contributed by atoms with Gasteiger partial charge in [0.25, 0.3) is 5.91 Å². The molecule has 1 aromatic heterocycles. The van der Waals surface area contributed by atoms with E-state index in [1.165, 1.54) is 18.2 Å². The first-order valence-corrected chi connectivity index (χ1v) is 6.08. The first kappa shape index (κ1) is 15.1. The SMILES string of the molecule is CCCC(COC)NC(=O)c1cccc(C(=O)O)n1. The maximum absolute atomic E-state index is 12.0. The molecule has 0 fully saturated rings. The van der Waals surface area contributed by atoms with E-state index in [2.05, 4.69) is 10.3 Å². The lowest BCUT2D eigenvalue weighted by Crippen LogP contribution is -2.38. The molecule has 0 saturated carbocycles. The number of ether oxygens (including phenoxy) is 1. The fraction of sp³-hybridized carbons (Fsp3) is 0.462. The molecule has 104 valence electrons. The number of aromatic nitrogens is 1. The normalized spacial score (nSPS) is 11.9. The lowest BCUT2D eigenvalue weighted by atomic mass is 10.1. The Morgan fingerprint density at radius 3 is 2.68 bits per heavy atom. The number of nitrogens with one attached hydrogen (secondary N) is 1. The van der Waals surface area contributed by atoms with Gasteiger partial charge >= 0.3 is 5.97 Å². The minimum absolute atomic E-state index is 0.0945. The molecule has 19 heavy (non-hydrogen) atoms. The number of carboxylic acid groups (broad SMARTS) is 1. The number of aromatic carboxylic acids is 1. The van der Waals surface area contributed by atoms with Gasteiger partial charge in [-0.25, -0.2) is 9.78 Å². The first-order valence-electron chi connectivity index (χ1n) is 6.08. The molecule has 0 aromatic carbocycles. The lowest BCUT2D eigenvalue weighted by Gasteiger charge is -2.16. The van der Waals surface area contributed by atoms with E-state index in [0.29, 0.717) is 6.61 Å². The Labute approximate surface area is 111 Å². The molecule has 2 N–H and O–H groups in total. The van der Waals surface area contributed by atoms with Gasteiger partial charge in [-0.1, -0.05) is 19.4 Å². The molecule has 0 spiro atoms. The van der Waals surface area contributed by atoms with E-state index in [0.717, 1.165) is 12.8 Å². The fourth-order valence-electron chi connectivity index (χ4n) is 1.69. The third-order valence-corrected chi connectivity index (χ3v) is 2.54. The number of carbonyl (C=O) groups is 2. The number of rotatable bonds is 7. The fourth-order valence-corrected chi connectivity index (χ4v) is 1.69. The summed E-state index contributed by atoms with van der Waals surface area (Å²) in [4.78, 5) is 26.5. The monoisotopic (exact) mass is 266 g/mol. The van der Waals surface area contributed by atoms with Gasteiger partial charge in [-0.05, 0) is 18.6 Å². The van der Waals surface area contributed by atoms with Crippen molar-refractivity contribution in [1.29, 1.82) is 0 Å². The lowest BCUT2D eigenvalue weighted by molar-refractivity contribution is 0.0690. The molecule has 1 atom stereocenters. The van der Waals surface area contributed by atoms with Gasteiger partial charge in [-0.2, -0.15) is 0 Å². The minimum atomic E-state index is -1.16. The van der Waals surface area contributed by atoms with Crippen molar-refractivity contribution in [2.45, 2.75) is 25.8 Å². The highest BCUT2D eigenvalue weighted by atomic mass is 16.5. The van der Waals surface area contributed by atoms with E-state index in [-0.39, 0.29) is 17.4 Å². The van der Waals surface area contributed by atoms with Crippen LogP contribution < -0.4 is 5.32 Å². The Morgan fingerprint density at radius 1 is 1.42 bits per heavy atom. The van der Waals surface area contributed by atoms with Crippen molar-refractivity contribution in [3.63, 3.8) is 0 Å². The number of carbonyl (C=O) groups excluding carboxylic acids is 1. The number of nitrogens with zero attached hydrogens (tertiary/aromatic N) is 1. The zero-order valence-electron chi connectivity index (χ0n) is 11.0. The molecule has 1 rings (SSSR count). The van der Waals surface area contributed by atoms with Gasteiger partial charge in [-0.15, -0.1) is 0 Å². The van der Waals surface area contributed by atoms with Crippen molar-refractivity contribution in [2.24, 2.45) is 0 Å². The molecule has 0 radical (unpaired) electrons. The van der Waals surface area contributed by atoms with Crippen LogP contribution in [0.25, 0.3) is 0 Å². The topological polar surface area (TPSA) is 88.5 Å². The minimum Gasteiger partial charge on any atom is -0.477 e. The Hall–Kier alpha value is -1.95. The highest BCUT2D eigenvalue weighted by molar-refractivity contribution is 5.94. The van der Waals surface area contributed by atoms with E-state index >= 15 is 0 Å². The molecule has 0 aliphatic heterocycles. The molecule has 0 bridgehead atoms. The van der Waals surface area contributed by atoms with Crippen molar-refractivity contribution in [1.82, 2.24) is 10.3 Å². The van der Waals surface area contributed by atoms with Crippen LogP contribution in [0.1, 0.15) is 40.7 Å². The zero-order chi connectivity index (χ0) is 14.3. The molecule has 1 amide bonds. The van der Waals surface area contributed by atoms with Gasteiger partial charge in [0.1, 0.15) is 11.4 Å². The predicted molar refractivity (Wildman–Crippen MR) is 69.2 cm³/mol. The number of pyridine rings is 1. The second kappa shape index (κ2) is 7.48. The van der Waals surface area contributed by atoms with E-state index in [1.807, 2.05) is 6.92 Å². The number of carboxylic acids is 1. The summed E-state index contributed by atoms with van der Waals surface area (Å²) in [5, 5.41) is 11.6. The van der Waals surface area contributed by atoms with Crippen LogP contribution >= 0.6 is 0 Å². The average Bonchev–Trinajstić information content (AvgIpc) is 2.39. The van der Waals surface area contributed by atoms with Gasteiger partial charge in [0.2, 0.25) is 0 Å². The highest BCUT2D eigenvalue weighted by Gasteiger charge is 2.15. The third kappa shape index (κ3) is 4.67. The van der Waals surface area contributed by atoms with Crippen molar-refractivity contribution in [3.05, 3.63) is 29.6 Å². The van der Waals surface area contributed by atoms with Crippen LogP contribution in [0, 0.1) is 0 Å². The van der Waals surface area contributed by atoms with Crippen LogP contribution in [-0.2, 0) is 4.74 Å². The van der Waals surface area contributed by atoms with Crippen LogP contribution in [0.2, 0.25) is 0 Å². The van der Waals surface area contributed by atoms with Crippen LogP contribution in [0.5, 0.6) is 0 Å². The highest BCUT2D eigenvalue weighted by Crippen LogP contribution is 2.03. The van der Waals surface area contributed by atoms with E-state index in [1.54, 1.807) is 7.11 Å². The molecule has 6 nitrogen and oxygen atoms in total. The van der Waals surface area contributed by atoms with Crippen LogP contribution in [0.15, 0.2) is 18.2 Å². The average molecular weight is 266 g/mol. The molecule has 0 aliphatic rings.